The van der Waals surface area contributed by atoms with Crippen molar-refractivity contribution >= 4 is 56.1 Å². The molecule has 1 spiro atoms. The van der Waals surface area contributed by atoms with E-state index in [-0.39, 0.29) is 37.9 Å². The van der Waals surface area contributed by atoms with Gasteiger partial charge < -0.3 is 29.7 Å². The van der Waals surface area contributed by atoms with E-state index in [1.165, 1.54) is 4.90 Å². The summed E-state index contributed by atoms with van der Waals surface area (Å²) in [6.45, 7) is 3.74. The Bertz CT molecular complexity index is 1900. The van der Waals surface area contributed by atoms with Crippen LogP contribution in [0.5, 0.6) is 0 Å². The number of aliphatic hydroxyl groups excluding tert-OH is 1. The van der Waals surface area contributed by atoms with Crippen molar-refractivity contribution in [3.8, 4) is 0 Å². The number of carbonyl (C=O) groups is 4. The lowest BCUT2D eigenvalue weighted by Gasteiger charge is -2.40. The summed E-state index contributed by atoms with van der Waals surface area (Å²) >= 11 is 3.62. The van der Waals surface area contributed by atoms with Crippen molar-refractivity contribution in [3.05, 3.63) is 101 Å². The summed E-state index contributed by atoms with van der Waals surface area (Å²) in [5.74, 6) is -4.04. The van der Waals surface area contributed by atoms with Crippen molar-refractivity contribution in [1.82, 2.24) is 10.2 Å². The number of nitrogens with one attached hydrogen (secondary N) is 1. The van der Waals surface area contributed by atoms with E-state index in [0.717, 1.165) is 10.8 Å². The second-order valence-electron chi connectivity index (χ2n) is 13.8. The molecule has 3 aromatic carbocycles. The van der Waals surface area contributed by atoms with Gasteiger partial charge in [0.15, 0.2) is 0 Å². The van der Waals surface area contributed by atoms with Crippen LogP contribution in [-0.4, -0.2) is 77.2 Å². The fourth-order valence-corrected chi connectivity index (χ4v) is 8.85. The van der Waals surface area contributed by atoms with Gasteiger partial charge in [-0.3, -0.25) is 19.2 Å². The fourth-order valence-electron chi connectivity index (χ4n) is 8.11. The van der Waals surface area contributed by atoms with E-state index in [9.17, 15) is 19.5 Å². The Balaban J connectivity index is 1.37. The fraction of sp³-hybridized carbons (Fsp3) is 0.400. The van der Waals surface area contributed by atoms with Crippen LogP contribution < -0.4 is 10.2 Å². The molecular formula is C40H42BrN3O7. The van der Waals surface area contributed by atoms with E-state index in [2.05, 4.69) is 21.2 Å². The maximum atomic E-state index is 15.3. The van der Waals surface area contributed by atoms with Crippen LogP contribution in [0.2, 0.25) is 0 Å². The third-order valence-electron chi connectivity index (χ3n) is 10.9. The van der Waals surface area contributed by atoms with E-state index in [4.69, 9.17) is 9.47 Å². The van der Waals surface area contributed by atoms with Crippen molar-refractivity contribution in [3.63, 3.8) is 0 Å². The monoisotopic (exact) mass is 755 g/mol. The van der Waals surface area contributed by atoms with E-state index in [1.54, 1.807) is 11.0 Å². The standard InChI is InChI=1S/C40H42BrN3O7/c1-3-24(2)30(23-45)44-36-38(48)43(28-18-17-25-12-9-10-15-27(25)20-28)19-11-5-8-16-32(46)42-22-31(26-13-6-4-7-14-26)50-39(49)33-34(37(44)47)40(36)21-29(41)35(33)51-40/h4-7,9-15,17-18,20-21,24,30-31,33-36,45H,3,8,16,19,22-23H2,1-2H3,(H,42,46)/b11-5-/t24-,30-,31-,33-,34+,35-,36-,40+/m0/s1. The molecule has 266 valence electrons. The van der Waals surface area contributed by atoms with Gasteiger partial charge in [0.05, 0.1) is 25.1 Å². The minimum absolute atomic E-state index is 0.0425. The van der Waals surface area contributed by atoms with Gasteiger partial charge in [0.25, 0.3) is 5.91 Å². The van der Waals surface area contributed by atoms with Gasteiger partial charge in [-0.1, -0.05) is 109 Å². The molecule has 3 amide bonds. The highest BCUT2D eigenvalue weighted by Crippen LogP contribution is 2.59. The lowest BCUT2D eigenvalue weighted by Crippen LogP contribution is -2.59. The molecule has 11 heteroatoms. The number of likely N-dealkylation sites (tertiary alicyclic amines) is 1. The van der Waals surface area contributed by atoms with Crippen LogP contribution in [0.25, 0.3) is 10.8 Å². The number of aliphatic hydroxyl groups is 1. The van der Waals surface area contributed by atoms with Crippen molar-refractivity contribution in [2.24, 2.45) is 17.8 Å². The maximum absolute atomic E-state index is 15.3. The van der Waals surface area contributed by atoms with Crippen LogP contribution >= 0.6 is 15.9 Å². The number of hydrogen-bond acceptors (Lipinski definition) is 7. The smallest absolute Gasteiger partial charge is 0.313 e. The Morgan fingerprint density at radius 3 is 2.47 bits per heavy atom. The van der Waals surface area contributed by atoms with Crippen LogP contribution in [-0.2, 0) is 28.7 Å². The van der Waals surface area contributed by atoms with Gasteiger partial charge in [-0.15, -0.1) is 0 Å². The largest absolute Gasteiger partial charge is 0.455 e. The Morgan fingerprint density at radius 2 is 1.73 bits per heavy atom. The minimum Gasteiger partial charge on any atom is -0.455 e. The quantitative estimate of drug-likeness (QED) is 0.262. The van der Waals surface area contributed by atoms with Crippen LogP contribution in [0.15, 0.2) is 95.5 Å². The Hall–Kier alpha value is -4.32. The molecule has 5 bridgehead atoms. The highest BCUT2D eigenvalue weighted by molar-refractivity contribution is 9.11. The summed E-state index contributed by atoms with van der Waals surface area (Å²) in [6, 6.07) is 20.9. The molecule has 4 aliphatic heterocycles. The number of halogens is 1. The normalized spacial score (nSPS) is 30.1. The van der Waals surface area contributed by atoms with Gasteiger partial charge in [0.1, 0.15) is 29.8 Å². The van der Waals surface area contributed by atoms with Crippen LogP contribution in [0.1, 0.15) is 44.8 Å². The molecule has 7 rings (SSSR count). The molecule has 10 nitrogen and oxygen atoms in total. The van der Waals surface area contributed by atoms with Crippen LogP contribution in [0, 0.1) is 17.8 Å². The SMILES string of the molecule is CC[C@H](C)[C@H](CO)N1C(=O)[C@H]2[C@@H]3C(=O)O[C@H](c4ccccc4)CNC(=O)CC/C=C\CN(c4ccc5ccccc5c4)C(=O)[C@H]1[C@@]21C=C(Br)[C@@H]3O1. The van der Waals surface area contributed by atoms with E-state index in [1.807, 2.05) is 98.8 Å². The number of carbonyl (C=O) groups excluding carboxylic acids is 4. The van der Waals surface area contributed by atoms with Crippen molar-refractivity contribution in [1.29, 1.82) is 0 Å². The number of ether oxygens (including phenoxy) is 2. The Morgan fingerprint density at radius 1 is 0.980 bits per heavy atom. The molecule has 2 saturated heterocycles. The zero-order chi connectivity index (χ0) is 35.9. The molecule has 51 heavy (non-hydrogen) atoms. The lowest BCUT2D eigenvalue weighted by molar-refractivity contribution is -0.160. The molecule has 0 saturated carbocycles. The third-order valence-corrected chi connectivity index (χ3v) is 11.6. The zero-order valence-electron chi connectivity index (χ0n) is 28.6. The summed E-state index contributed by atoms with van der Waals surface area (Å²) < 4.78 is 13.4. The van der Waals surface area contributed by atoms with Crippen LogP contribution in [0.4, 0.5) is 5.69 Å². The number of amides is 3. The summed E-state index contributed by atoms with van der Waals surface area (Å²) in [5.41, 5.74) is -0.202. The minimum atomic E-state index is -1.51. The highest BCUT2D eigenvalue weighted by Gasteiger charge is 2.75. The molecule has 4 aliphatic rings. The molecule has 0 aliphatic carbocycles. The summed E-state index contributed by atoms with van der Waals surface area (Å²) in [7, 11) is 0. The zero-order valence-corrected chi connectivity index (χ0v) is 30.2. The number of rotatable bonds is 6. The second-order valence-corrected chi connectivity index (χ2v) is 14.8. The number of esters is 1. The number of nitrogens with zero attached hydrogens (tertiary/aromatic N) is 2. The molecule has 0 radical (unpaired) electrons. The number of fused-ring (bicyclic) bond motifs is 3. The highest BCUT2D eigenvalue weighted by atomic mass is 79.9. The number of anilines is 1. The topological polar surface area (TPSA) is 125 Å². The molecule has 8 atom stereocenters. The molecular weight excluding hydrogens is 714 g/mol. The number of hydrogen-bond donors (Lipinski definition) is 2. The molecule has 4 heterocycles. The number of allylic oxidation sites excluding steroid dienone is 1. The Labute approximate surface area is 305 Å². The molecule has 2 fully saturated rings. The molecule has 0 aromatic heterocycles. The van der Waals surface area contributed by atoms with Gasteiger partial charge in [-0.25, -0.2) is 0 Å². The van der Waals surface area contributed by atoms with Gasteiger partial charge in [0, 0.05) is 23.1 Å². The Kier molecular flexibility index (Phi) is 9.88. The average Bonchev–Trinajstić information content (AvgIpc) is 3.74. The van der Waals surface area contributed by atoms with Crippen molar-refractivity contribution in [2.45, 2.75) is 63.0 Å². The lowest BCUT2D eigenvalue weighted by atomic mass is 9.74. The first-order chi connectivity index (χ1) is 24.7. The number of benzene rings is 3. The third kappa shape index (κ3) is 6.19. The maximum Gasteiger partial charge on any atom is 0.313 e. The van der Waals surface area contributed by atoms with E-state index >= 15 is 4.79 Å². The molecule has 0 unspecified atom stereocenters. The van der Waals surface area contributed by atoms with Crippen LogP contribution in [0.3, 0.4) is 0 Å². The van der Waals surface area contributed by atoms with Crippen molar-refractivity contribution < 1.29 is 33.8 Å². The first kappa shape index (κ1) is 35.1. The first-order valence-corrected chi connectivity index (χ1v) is 18.4. The van der Waals surface area contributed by atoms with E-state index in [0.29, 0.717) is 28.6 Å². The average molecular weight is 757 g/mol. The predicted octanol–water partition coefficient (Wildman–Crippen LogP) is 5.20. The van der Waals surface area contributed by atoms with Gasteiger partial charge in [-0.05, 0) is 46.9 Å². The van der Waals surface area contributed by atoms with Gasteiger partial charge >= 0.3 is 5.97 Å². The number of cyclic esters (lactones) is 1. The molecule has 2 N–H and O–H groups in total. The van der Waals surface area contributed by atoms with Gasteiger partial charge in [0.2, 0.25) is 11.8 Å². The second kappa shape index (κ2) is 14.4. The molecule has 3 aromatic rings. The summed E-state index contributed by atoms with van der Waals surface area (Å²) in [4.78, 5) is 60.7. The van der Waals surface area contributed by atoms with Crippen molar-refractivity contribution in [2.75, 3.05) is 24.6 Å². The first-order valence-electron chi connectivity index (χ1n) is 17.6. The summed E-state index contributed by atoms with van der Waals surface area (Å²) in [5, 5.41) is 15.7. The summed E-state index contributed by atoms with van der Waals surface area (Å²) in [6.07, 6.45) is 5.07. The van der Waals surface area contributed by atoms with E-state index < -0.39 is 59.5 Å². The predicted molar refractivity (Wildman–Crippen MR) is 196 cm³/mol. The van der Waals surface area contributed by atoms with Gasteiger partial charge in [-0.2, -0.15) is 0 Å².